The summed E-state index contributed by atoms with van der Waals surface area (Å²) in [6, 6.07) is 15.8. The highest BCUT2D eigenvalue weighted by molar-refractivity contribution is 7.99. The van der Waals surface area contributed by atoms with Gasteiger partial charge in [-0.2, -0.15) is 0 Å². The van der Waals surface area contributed by atoms with Crippen molar-refractivity contribution in [2.24, 2.45) is 5.92 Å². The van der Waals surface area contributed by atoms with Crippen LogP contribution in [0.1, 0.15) is 20.8 Å². The molecule has 1 N–H and O–H groups in total. The van der Waals surface area contributed by atoms with Crippen molar-refractivity contribution >= 4 is 23.4 Å². The van der Waals surface area contributed by atoms with Crippen LogP contribution in [0.4, 0.5) is 5.69 Å². The minimum Gasteiger partial charge on any atom is -0.353 e. The molecule has 0 unspecified atom stereocenters. The highest BCUT2D eigenvalue weighted by Crippen LogP contribution is 2.29. The average molecular weight is 426 g/mol. The summed E-state index contributed by atoms with van der Waals surface area (Å²) in [6.45, 7) is 6.09. The third-order valence-electron chi connectivity index (χ3n) is 4.71. The molecule has 0 saturated carbocycles. The Labute approximate surface area is 178 Å². The first-order valence-electron chi connectivity index (χ1n) is 9.54. The number of nitrogens with one attached hydrogen (secondary N) is 1. The molecule has 0 spiro atoms. The van der Waals surface area contributed by atoms with Gasteiger partial charge in [-0.25, -0.2) is 0 Å². The van der Waals surface area contributed by atoms with Crippen LogP contribution in [0.15, 0.2) is 59.8 Å². The van der Waals surface area contributed by atoms with E-state index in [1.807, 2.05) is 41.8 Å². The Morgan fingerprint density at radius 2 is 1.77 bits per heavy atom. The number of benzene rings is 2. The maximum absolute atomic E-state index is 12.3. The van der Waals surface area contributed by atoms with Gasteiger partial charge in [0.1, 0.15) is 0 Å². The summed E-state index contributed by atoms with van der Waals surface area (Å²) in [4.78, 5) is 22.8. The zero-order valence-electron chi connectivity index (χ0n) is 17.0. The summed E-state index contributed by atoms with van der Waals surface area (Å²) in [7, 11) is 0. The van der Waals surface area contributed by atoms with E-state index in [-0.39, 0.29) is 23.4 Å². The van der Waals surface area contributed by atoms with Crippen molar-refractivity contribution in [3.63, 3.8) is 0 Å². The number of thioether (sulfide) groups is 1. The van der Waals surface area contributed by atoms with E-state index in [0.717, 1.165) is 5.69 Å². The molecule has 1 aromatic heterocycles. The topological polar surface area (TPSA) is 103 Å². The van der Waals surface area contributed by atoms with Crippen LogP contribution in [-0.2, 0) is 4.79 Å². The molecule has 3 aromatic rings. The third-order valence-corrected chi connectivity index (χ3v) is 5.63. The second-order valence-corrected chi connectivity index (χ2v) is 8.11. The minimum absolute atomic E-state index is 0.00932. The fourth-order valence-corrected chi connectivity index (χ4v) is 3.45. The van der Waals surface area contributed by atoms with Crippen LogP contribution in [-0.4, -0.2) is 37.4 Å². The summed E-state index contributed by atoms with van der Waals surface area (Å²) >= 11 is 1.30. The van der Waals surface area contributed by atoms with Crippen LogP contribution in [0.25, 0.3) is 17.1 Å². The van der Waals surface area contributed by atoms with E-state index in [1.165, 1.54) is 23.9 Å². The summed E-state index contributed by atoms with van der Waals surface area (Å²) < 4.78 is 1.85. The lowest BCUT2D eigenvalue weighted by atomic mass is 10.1. The van der Waals surface area contributed by atoms with E-state index in [9.17, 15) is 14.9 Å². The molecule has 2 aromatic carbocycles. The molecule has 1 atom stereocenters. The Morgan fingerprint density at radius 1 is 1.10 bits per heavy atom. The molecular weight excluding hydrogens is 402 g/mol. The number of rotatable bonds is 8. The van der Waals surface area contributed by atoms with Gasteiger partial charge in [0.2, 0.25) is 5.91 Å². The third kappa shape index (κ3) is 5.04. The van der Waals surface area contributed by atoms with Crippen molar-refractivity contribution in [2.45, 2.75) is 32.0 Å². The zero-order chi connectivity index (χ0) is 21.7. The fraction of sp³-hybridized carbons (Fsp3) is 0.286. The van der Waals surface area contributed by atoms with E-state index < -0.39 is 4.92 Å². The van der Waals surface area contributed by atoms with Crippen LogP contribution < -0.4 is 5.32 Å². The van der Waals surface area contributed by atoms with E-state index >= 15 is 0 Å². The predicted octanol–water partition coefficient (Wildman–Crippen LogP) is 4.10. The standard InChI is InChI=1S/C21H23N5O3S/c1-14(2)15(3)22-19(27)13-30-21-24-23-20(25(21)17-7-5-4-6-8-17)16-9-11-18(12-10-16)26(28)29/h4-12,14-15H,13H2,1-3H3,(H,22,27)/t15-/m0/s1. The van der Waals surface area contributed by atoms with Gasteiger partial charge < -0.3 is 5.32 Å². The Balaban J connectivity index is 1.89. The molecule has 0 radical (unpaired) electrons. The molecule has 0 aliphatic rings. The number of para-hydroxylation sites is 1. The van der Waals surface area contributed by atoms with Crippen LogP contribution in [0.2, 0.25) is 0 Å². The van der Waals surface area contributed by atoms with Crippen LogP contribution in [0, 0.1) is 16.0 Å². The van der Waals surface area contributed by atoms with Gasteiger partial charge in [-0.15, -0.1) is 10.2 Å². The molecule has 1 amide bonds. The molecule has 0 saturated heterocycles. The van der Waals surface area contributed by atoms with Crippen molar-refractivity contribution in [1.82, 2.24) is 20.1 Å². The van der Waals surface area contributed by atoms with Gasteiger partial charge in [0.25, 0.3) is 5.69 Å². The van der Waals surface area contributed by atoms with Gasteiger partial charge in [-0.1, -0.05) is 43.8 Å². The number of carbonyl (C=O) groups excluding carboxylic acids is 1. The highest BCUT2D eigenvalue weighted by atomic mass is 32.2. The Hall–Kier alpha value is -3.20. The number of non-ortho nitro benzene ring substituents is 1. The van der Waals surface area contributed by atoms with Gasteiger partial charge in [0.05, 0.1) is 10.7 Å². The molecule has 8 nitrogen and oxygen atoms in total. The van der Waals surface area contributed by atoms with E-state index in [1.54, 1.807) is 12.1 Å². The van der Waals surface area contributed by atoms with Gasteiger partial charge in [-0.3, -0.25) is 19.5 Å². The second kappa shape index (κ2) is 9.53. The first-order chi connectivity index (χ1) is 14.4. The highest BCUT2D eigenvalue weighted by Gasteiger charge is 2.19. The molecule has 1 heterocycles. The molecule has 9 heteroatoms. The molecule has 3 rings (SSSR count). The number of nitrogens with zero attached hydrogens (tertiary/aromatic N) is 4. The Bertz CT molecular complexity index is 1020. The SMILES string of the molecule is CC(C)[C@H](C)NC(=O)CSc1nnc(-c2ccc([N+](=O)[O-])cc2)n1-c1ccccc1. The molecule has 30 heavy (non-hydrogen) atoms. The van der Waals surface area contributed by atoms with Crippen LogP contribution in [0.5, 0.6) is 0 Å². The summed E-state index contributed by atoms with van der Waals surface area (Å²) in [5.74, 6) is 1.04. The van der Waals surface area contributed by atoms with Gasteiger partial charge in [-0.05, 0) is 37.1 Å². The lowest BCUT2D eigenvalue weighted by molar-refractivity contribution is -0.384. The number of aromatic nitrogens is 3. The lowest BCUT2D eigenvalue weighted by Crippen LogP contribution is -2.37. The van der Waals surface area contributed by atoms with Crippen LogP contribution >= 0.6 is 11.8 Å². The van der Waals surface area contributed by atoms with Crippen molar-refractivity contribution in [3.8, 4) is 17.1 Å². The zero-order valence-corrected chi connectivity index (χ0v) is 17.8. The normalized spacial score (nSPS) is 12.0. The Morgan fingerprint density at radius 3 is 2.37 bits per heavy atom. The van der Waals surface area contributed by atoms with E-state index in [0.29, 0.717) is 22.5 Å². The lowest BCUT2D eigenvalue weighted by Gasteiger charge is -2.17. The number of hydrogen-bond donors (Lipinski definition) is 1. The average Bonchev–Trinajstić information content (AvgIpc) is 3.16. The molecular formula is C21H23N5O3S. The predicted molar refractivity (Wildman–Crippen MR) is 117 cm³/mol. The molecule has 156 valence electrons. The smallest absolute Gasteiger partial charge is 0.269 e. The summed E-state index contributed by atoms with van der Waals surface area (Å²) in [5.41, 5.74) is 1.55. The largest absolute Gasteiger partial charge is 0.353 e. The number of amides is 1. The second-order valence-electron chi connectivity index (χ2n) is 7.17. The summed E-state index contributed by atoms with van der Waals surface area (Å²) in [5, 5.41) is 23.1. The quantitative estimate of drug-likeness (QED) is 0.331. The van der Waals surface area contributed by atoms with Crippen molar-refractivity contribution in [2.75, 3.05) is 5.75 Å². The maximum atomic E-state index is 12.3. The molecule has 0 fully saturated rings. The first kappa shape index (κ1) is 21.5. The molecule has 0 bridgehead atoms. The number of nitro groups is 1. The van der Waals surface area contributed by atoms with Crippen LogP contribution in [0.3, 0.4) is 0 Å². The first-order valence-corrected chi connectivity index (χ1v) is 10.5. The Kier molecular flexibility index (Phi) is 6.83. The van der Waals surface area contributed by atoms with Crippen molar-refractivity contribution < 1.29 is 9.72 Å². The molecule has 0 aliphatic carbocycles. The van der Waals surface area contributed by atoms with Gasteiger partial charge >= 0.3 is 0 Å². The van der Waals surface area contributed by atoms with E-state index in [4.69, 9.17) is 0 Å². The maximum Gasteiger partial charge on any atom is 0.269 e. The van der Waals surface area contributed by atoms with Gasteiger partial charge in [0.15, 0.2) is 11.0 Å². The number of nitro benzene ring substituents is 1. The van der Waals surface area contributed by atoms with Crippen molar-refractivity contribution in [3.05, 3.63) is 64.7 Å². The fourth-order valence-electron chi connectivity index (χ4n) is 2.68. The number of hydrogen-bond acceptors (Lipinski definition) is 6. The summed E-state index contributed by atoms with van der Waals surface area (Å²) in [6.07, 6.45) is 0. The van der Waals surface area contributed by atoms with Crippen molar-refractivity contribution in [1.29, 1.82) is 0 Å². The van der Waals surface area contributed by atoms with E-state index in [2.05, 4.69) is 29.4 Å². The molecule has 0 aliphatic heterocycles. The minimum atomic E-state index is -0.441. The number of carbonyl (C=O) groups is 1. The monoisotopic (exact) mass is 425 g/mol. The van der Waals surface area contributed by atoms with Gasteiger partial charge in [0, 0.05) is 29.4 Å².